The zero-order chi connectivity index (χ0) is 8.43. The Balaban J connectivity index is 3.25. The second-order valence-electron chi connectivity index (χ2n) is 1.89. The fourth-order valence-corrected chi connectivity index (χ4v) is 1.08. The van der Waals surface area contributed by atoms with Gasteiger partial charge in [-0.15, -0.1) is 0 Å². The van der Waals surface area contributed by atoms with Gasteiger partial charge in [-0.05, 0) is 12.1 Å². The quantitative estimate of drug-likeness (QED) is 0.564. The zero-order valence-corrected chi connectivity index (χ0v) is 6.95. The van der Waals surface area contributed by atoms with Crippen LogP contribution in [0.4, 0.5) is 14.5 Å². The van der Waals surface area contributed by atoms with Gasteiger partial charge in [0.2, 0.25) is 0 Å². The molecule has 5 heteroatoms. The summed E-state index contributed by atoms with van der Waals surface area (Å²) in [7, 11) is 0. The highest BCUT2D eigenvalue weighted by Crippen LogP contribution is 2.22. The molecule has 0 bridgehead atoms. The Morgan fingerprint density at radius 2 is 1.73 bits per heavy atom. The van der Waals surface area contributed by atoms with Crippen molar-refractivity contribution in [1.29, 1.82) is 0 Å². The summed E-state index contributed by atoms with van der Waals surface area (Å²) in [6.07, 6.45) is 0. The summed E-state index contributed by atoms with van der Waals surface area (Å²) >= 11 is 2.93. The number of benzene rings is 1. The van der Waals surface area contributed by atoms with Crippen molar-refractivity contribution in [3.05, 3.63) is 28.2 Å². The van der Waals surface area contributed by atoms with E-state index in [4.69, 9.17) is 5.84 Å². The minimum Gasteiger partial charge on any atom is -0.319 e. The predicted octanol–water partition coefficient (Wildman–Crippen LogP) is 2.01. The summed E-state index contributed by atoms with van der Waals surface area (Å²) in [6, 6.07) is 2.25. The highest BCUT2D eigenvalue weighted by Gasteiger charge is 2.07. The van der Waals surface area contributed by atoms with Crippen molar-refractivity contribution < 1.29 is 8.78 Å². The second-order valence-corrected chi connectivity index (χ2v) is 2.80. The molecule has 0 amide bonds. The lowest BCUT2D eigenvalue weighted by Crippen LogP contribution is -2.10. The van der Waals surface area contributed by atoms with E-state index >= 15 is 0 Å². The minimum absolute atomic E-state index is 0.326. The molecular formula is C6H5BrF2N2. The molecule has 0 aliphatic rings. The highest BCUT2D eigenvalue weighted by atomic mass is 79.9. The van der Waals surface area contributed by atoms with E-state index in [-0.39, 0.29) is 5.69 Å². The Hall–Kier alpha value is -0.680. The average Bonchev–Trinajstić information content (AvgIpc) is 1.85. The Bertz CT molecular complexity index is 254. The smallest absolute Gasteiger partial charge is 0.151 e. The lowest BCUT2D eigenvalue weighted by molar-refractivity contribution is 0.587. The summed E-state index contributed by atoms with van der Waals surface area (Å²) in [6.45, 7) is 0. The number of hydrogen-bond acceptors (Lipinski definition) is 2. The molecule has 60 valence electrons. The van der Waals surface area contributed by atoms with Crippen LogP contribution in [-0.4, -0.2) is 0 Å². The van der Waals surface area contributed by atoms with Gasteiger partial charge >= 0.3 is 0 Å². The first-order valence-corrected chi connectivity index (χ1v) is 3.55. The molecule has 0 radical (unpaired) electrons. The maximum absolute atomic E-state index is 12.7. The Labute approximate surface area is 70.5 Å². The Morgan fingerprint density at radius 1 is 1.27 bits per heavy atom. The number of hydrogen-bond donors (Lipinski definition) is 2. The predicted molar refractivity (Wildman–Crippen MR) is 41.9 cm³/mol. The van der Waals surface area contributed by atoms with Gasteiger partial charge in [0.25, 0.3) is 0 Å². The van der Waals surface area contributed by atoms with Gasteiger partial charge in [0.15, 0.2) is 11.6 Å². The van der Waals surface area contributed by atoms with Crippen LogP contribution in [0.2, 0.25) is 0 Å². The number of rotatable bonds is 1. The molecular weight excluding hydrogens is 218 g/mol. The van der Waals surface area contributed by atoms with Crippen molar-refractivity contribution in [1.82, 2.24) is 0 Å². The third-order valence-electron chi connectivity index (χ3n) is 1.15. The first kappa shape index (κ1) is 8.42. The maximum atomic E-state index is 12.7. The van der Waals surface area contributed by atoms with E-state index in [1.807, 2.05) is 5.43 Å². The van der Waals surface area contributed by atoms with Gasteiger partial charge < -0.3 is 5.43 Å². The highest BCUT2D eigenvalue weighted by molar-refractivity contribution is 9.10. The molecule has 2 nitrogen and oxygen atoms in total. The number of halogens is 3. The molecule has 0 saturated heterocycles. The van der Waals surface area contributed by atoms with Crippen LogP contribution in [0.3, 0.4) is 0 Å². The topological polar surface area (TPSA) is 38.0 Å². The molecule has 0 spiro atoms. The van der Waals surface area contributed by atoms with Crippen LogP contribution < -0.4 is 11.3 Å². The molecule has 1 rings (SSSR count). The van der Waals surface area contributed by atoms with Crippen LogP contribution in [0.25, 0.3) is 0 Å². The van der Waals surface area contributed by atoms with E-state index in [0.717, 1.165) is 12.1 Å². The molecule has 0 aliphatic heterocycles. The van der Waals surface area contributed by atoms with E-state index in [0.29, 0.717) is 4.47 Å². The summed E-state index contributed by atoms with van der Waals surface area (Å²) < 4.78 is 25.7. The van der Waals surface area contributed by atoms with Crippen molar-refractivity contribution in [2.45, 2.75) is 0 Å². The van der Waals surface area contributed by atoms with Crippen molar-refractivity contribution in [2.24, 2.45) is 5.84 Å². The molecule has 1 aromatic carbocycles. The van der Waals surface area contributed by atoms with Crippen molar-refractivity contribution in [2.75, 3.05) is 5.43 Å². The van der Waals surface area contributed by atoms with Crippen LogP contribution in [0.1, 0.15) is 0 Å². The van der Waals surface area contributed by atoms with Crippen LogP contribution in [-0.2, 0) is 0 Å². The third-order valence-corrected chi connectivity index (χ3v) is 1.61. The van der Waals surface area contributed by atoms with E-state index in [2.05, 4.69) is 15.9 Å². The molecule has 0 heterocycles. The van der Waals surface area contributed by atoms with Gasteiger partial charge in [-0.1, -0.05) is 15.9 Å². The SMILES string of the molecule is NNc1c(F)cc(Br)cc1F. The maximum Gasteiger partial charge on any atom is 0.151 e. The number of nitrogen functional groups attached to an aromatic ring is 1. The lowest BCUT2D eigenvalue weighted by atomic mass is 10.3. The average molecular weight is 223 g/mol. The molecule has 3 N–H and O–H groups in total. The Kier molecular flexibility index (Phi) is 2.41. The largest absolute Gasteiger partial charge is 0.319 e. The van der Waals surface area contributed by atoms with Crippen LogP contribution >= 0.6 is 15.9 Å². The second kappa shape index (κ2) is 3.15. The zero-order valence-electron chi connectivity index (χ0n) is 5.37. The first-order valence-electron chi connectivity index (χ1n) is 2.76. The van der Waals surface area contributed by atoms with Gasteiger partial charge in [-0.3, -0.25) is 5.84 Å². The summed E-state index contributed by atoms with van der Waals surface area (Å²) in [5.41, 5.74) is 1.59. The summed E-state index contributed by atoms with van der Waals surface area (Å²) in [4.78, 5) is 0. The molecule has 0 fully saturated rings. The van der Waals surface area contributed by atoms with E-state index in [9.17, 15) is 8.78 Å². The van der Waals surface area contributed by atoms with Crippen LogP contribution in [0, 0.1) is 11.6 Å². The fourth-order valence-electron chi connectivity index (χ4n) is 0.680. The molecule has 0 atom stereocenters. The molecule has 11 heavy (non-hydrogen) atoms. The Morgan fingerprint density at radius 3 is 2.09 bits per heavy atom. The van der Waals surface area contributed by atoms with Gasteiger partial charge in [0, 0.05) is 4.47 Å². The molecule has 0 unspecified atom stereocenters. The number of nitrogens with two attached hydrogens (primary N) is 1. The summed E-state index contributed by atoms with van der Waals surface area (Å²) in [5, 5.41) is 0. The van der Waals surface area contributed by atoms with E-state index < -0.39 is 11.6 Å². The summed E-state index contributed by atoms with van der Waals surface area (Å²) in [5.74, 6) is 3.41. The van der Waals surface area contributed by atoms with Gasteiger partial charge in [-0.25, -0.2) is 8.78 Å². The fraction of sp³-hybridized carbons (Fsp3) is 0. The van der Waals surface area contributed by atoms with Crippen molar-refractivity contribution in [3.8, 4) is 0 Å². The molecule has 0 aromatic heterocycles. The van der Waals surface area contributed by atoms with E-state index in [1.54, 1.807) is 0 Å². The van der Waals surface area contributed by atoms with Crippen LogP contribution in [0.15, 0.2) is 16.6 Å². The third kappa shape index (κ3) is 1.66. The molecule has 0 aliphatic carbocycles. The lowest BCUT2D eigenvalue weighted by Gasteiger charge is -2.02. The first-order chi connectivity index (χ1) is 5.15. The number of nitrogens with one attached hydrogen (secondary N) is 1. The van der Waals surface area contributed by atoms with Gasteiger partial charge in [0.1, 0.15) is 5.69 Å². The van der Waals surface area contributed by atoms with Crippen molar-refractivity contribution >= 4 is 21.6 Å². The normalized spacial score (nSPS) is 9.82. The van der Waals surface area contributed by atoms with Crippen LogP contribution in [0.5, 0.6) is 0 Å². The minimum atomic E-state index is -0.723. The van der Waals surface area contributed by atoms with Gasteiger partial charge in [-0.2, -0.15) is 0 Å². The van der Waals surface area contributed by atoms with Gasteiger partial charge in [0.05, 0.1) is 0 Å². The standard InChI is InChI=1S/C6H5BrF2N2/c7-3-1-4(8)6(11-10)5(9)2-3/h1-2,11H,10H2. The number of anilines is 1. The van der Waals surface area contributed by atoms with Crippen molar-refractivity contribution in [3.63, 3.8) is 0 Å². The number of hydrazine groups is 1. The molecule has 0 saturated carbocycles. The van der Waals surface area contributed by atoms with E-state index in [1.165, 1.54) is 0 Å². The monoisotopic (exact) mass is 222 g/mol. The molecule has 1 aromatic rings.